The van der Waals surface area contributed by atoms with E-state index in [1.54, 1.807) is 24.0 Å². The molecule has 29 heavy (non-hydrogen) atoms. The molecular formula is C19H17FN4O4S. The number of halogens is 1. The Hall–Kier alpha value is -3.11. The van der Waals surface area contributed by atoms with Crippen LogP contribution in [-0.2, 0) is 14.8 Å². The van der Waals surface area contributed by atoms with Crippen LogP contribution in [0, 0.1) is 12.7 Å². The van der Waals surface area contributed by atoms with E-state index >= 15 is 0 Å². The zero-order valence-electron chi connectivity index (χ0n) is 15.4. The van der Waals surface area contributed by atoms with Crippen LogP contribution in [0.5, 0.6) is 0 Å². The number of benzene rings is 2. The maximum atomic E-state index is 13.5. The van der Waals surface area contributed by atoms with Crippen LogP contribution in [-0.4, -0.2) is 31.0 Å². The van der Waals surface area contributed by atoms with Gasteiger partial charge >= 0.3 is 0 Å². The van der Waals surface area contributed by atoms with E-state index < -0.39 is 10.0 Å². The fourth-order valence-electron chi connectivity index (χ4n) is 3.23. The first kappa shape index (κ1) is 19.2. The van der Waals surface area contributed by atoms with Gasteiger partial charge in [-0.1, -0.05) is 5.16 Å². The number of primary sulfonamides is 1. The second-order valence-electron chi connectivity index (χ2n) is 6.86. The summed E-state index contributed by atoms with van der Waals surface area (Å²) in [6.07, 6.45) is 0.197. The molecule has 4 rings (SSSR count). The molecule has 0 saturated carbocycles. The maximum absolute atomic E-state index is 13.5. The number of aryl methyl sites for hydroxylation is 1. The van der Waals surface area contributed by atoms with Crippen molar-refractivity contribution in [3.05, 3.63) is 59.7 Å². The summed E-state index contributed by atoms with van der Waals surface area (Å²) >= 11 is 0. The summed E-state index contributed by atoms with van der Waals surface area (Å²) in [5.74, 6) is -0.141. The Kier molecular flexibility index (Phi) is 4.67. The third-order valence-corrected chi connectivity index (χ3v) is 5.74. The van der Waals surface area contributed by atoms with Crippen LogP contribution in [0.1, 0.15) is 23.8 Å². The highest BCUT2D eigenvalue weighted by atomic mass is 32.2. The third-order valence-electron chi connectivity index (χ3n) is 4.81. The van der Waals surface area contributed by atoms with Crippen molar-refractivity contribution in [2.45, 2.75) is 24.2 Å². The SMILES string of the molecule is Cc1cc(N2CC(c3nc(-c4ccc(S(N)(=O)=O)cc4)no3)CC2=O)ccc1F. The summed E-state index contributed by atoms with van der Waals surface area (Å²) in [6, 6.07) is 10.3. The van der Waals surface area contributed by atoms with E-state index in [4.69, 9.17) is 9.66 Å². The van der Waals surface area contributed by atoms with E-state index in [0.717, 1.165) is 0 Å². The van der Waals surface area contributed by atoms with Gasteiger partial charge in [-0.3, -0.25) is 4.79 Å². The number of sulfonamides is 1. The number of anilines is 1. The van der Waals surface area contributed by atoms with Crippen molar-refractivity contribution in [3.8, 4) is 11.4 Å². The standard InChI is InChI=1S/C19H17FN4O4S/c1-11-8-14(4-7-16(11)20)24-10-13(9-17(24)25)19-22-18(23-28-19)12-2-5-15(6-3-12)29(21,26)27/h2-8,13H,9-10H2,1H3,(H2,21,26,27). The number of carbonyl (C=O) groups excluding carboxylic acids is 1. The van der Waals surface area contributed by atoms with Crippen LogP contribution in [0.2, 0.25) is 0 Å². The lowest BCUT2D eigenvalue weighted by molar-refractivity contribution is -0.117. The molecule has 2 N–H and O–H groups in total. The highest BCUT2D eigenvalue weighted by Gasteiger charge is 2.35. The first-order valence-electron chi connectivity index (χ1n) is 8.76. The third kappa shape index (κ3) is 3.76. The molecule has 1 aliphatic heterocycles. The highest BCUT2D eigenvalue weighted by Crippen LogP contribution is 2.32. The monoisotopic (exact) mass is 416 g/mol. The number of hydrogen-bond donors (Lipinski definition) is 1. The summed E-state index contributed by atoms with van der Waals surface area (Å²) in [6.45, 7) is 1.98. The first-order valence-corrected chi connectivity index (χ1v) is 10.3. The van der Waals surface area contributed by atoms with E-state index in [1.165, 1.54) is 30.3 Å². The molecule has 3 aromatic rings. The highest BCUT2D eigenvalue weighted by molar-refractivity contribution is 7.89. The quantitative estimate of drug-likeness (QED) is 0.697. The molecule has 0 radical (unpaired) electrons. The summed E-state index contributed by atoms with van der Waals surface area (Å²) in [5.41, 5.74) is 1.64. The van der Waals surface area contributed by atoms with Gasteiger partial charge in [0.1, 0.15) is 5.82 Å². The average molecular weight is 416 g/mol. The predicted molar refractivity (Wildman–Crippen MR) is 102 cm³/mol. The number of rotatable bonds is 4. The molecule has 1 aromatic heterocycles. The molecule has 1 aliphatic rings. The molecule has 1 fully saturated rings. The Balaban J connectivity index is 1.54. The van der Waals surface area contributed by atoms with Crippen molar-refractivity contribution in [1.82, 2.24) is 10.1 Å². The second kappa shape index (κ2) is 7.05. The van der Waals surface area contributed by atoms with Crippen LogP contribution >= 0.6 is 0 Å². The molecule has 1 amide bonds. The molecule has 2 heterocycles. The van der Waals surface area contributed by atoms with E-state index in [0.29, 0.717) is 29.2 Å². The van der Waals surface area contributed by atoms with Gasteiger partial charge in [-0.25, -0.2) is 17.9 Å². The Morgan fingerprint density at radius 2 is 1.93 bits per heavy atom. The Bertz CT molecular complexity index is 1190. The zero-order valence-corrected chi connectivity index (χ0v) is 16.2. The molecule has 10 heteroatoms. The lowest BCUT2D eigenvalue weighted by Gasteiger charge is -2.16. The first-order chi connectivity index (χ1) is 13.7. The Morgan fingerprint density at radius 3 is 2.59 bits per heavy atom. The van der Waals surface area contributed by atoms with Gasteiger partial charge in [0.05, 0.1) is 10.8 Å². The lowest BCUT2D eigenvalue weighted by atomic mass is 10.1. The van der Waals surface area contributed by atoms with Crippen molar-refractivity contribution >= 4 is 21.6 Å². The maximum Gasteiger partial charge on any atom is 0.238 e. The Morgan fingerprint density at radius 1 is 1.21 bits per heavy atom. The number of hydrogen-bond acceptors (Lipinski definition) is 6. The van der Waals surface area contributed by atoms with Gasteiger partial charge in [0.25, 0.3) is 0 Å². The van der Waals surface area contributed by atoms with Gasteiger partial charge in [0, 0.05) is 24.2 Å². The lowest BCUT2D eigenvalue weighted by Crippen LogP contribution is -2.24. The van der Waals surface area contributed by atoms with Gasteiger partial charge in [-0.05, 0) is 55.0 Å². The number of carbonyl (C=O) groups is 1. The molecule has 1 saturated heterocycles. The van der Waals surface area contributed by atoms with E-state index in [2.05, 4.69) is 10.1 Å². The summed E-state index contributed by atoms with van der Waals surface area (Å²) in [7, 11) is -3.78. The molecular weight excluding hydrogens is 399 g/mol. The molecule has 1 unspecified atom stereocenters. The summed E-state index contributed by atoms with van der Waals surface area (Å²) in [4.78, 5) is 18.3. The van der Waals surface area contributed by atoms with Crippen LogP contribution in [0.25, 0.3) is 11.4 Å². The van der Waals surface area contributed by atoms with Crippen LogP contribution < -0.4 is 10.0 Å². The van der Waals surface area contributed by atoms with Crippen molar-refractivity contribution in [3.63, 3.8) is 0 Å². The van der Waals surface area contributed by atoms with Gasteiger partial charge in [-0.15, -0.1) is 0 Å². The van der Waals surface area contributed by atoms with E-state index in [-0.39, 0.29) is 34.8 Å². The number of aromatic nitrogens is 2. The van der Waals surface area contributed by atoms with Crippen molar-refractivity contribution in [2.24, 2.45) is 5.14 Å². The van der Waals surface area contributed by atoms with Gasteiger partial charge in [0.2, 0.25) is 27.6 Å². The molecule has 2 aromatic carbocycles. The van der Waals surface area contributed by atoms with Crippen LogP contribution in [0.4, 0.5) is 10.1 Å². The van der Waals surface area contributed by atoms with E-state index in [1.807, 2.05) is 0 Å². The van der Waals surface area contributed by atoms with Crippen molar-refractivity contribution < 1.29 is 22.1 Å². The summed E-state index contributed by atoms with van der Waals surface area (Å²) < 4.78 is 41.5. The van der Waals surface area contributed by atoms with Gasteiger partial charge in [0.15, 0.2) is 0 Å². The van der Waals surface area contributed by atoms with Crippen molar-refractivity contribution in [1.29, 1.82) is 0 Å². The molecule has 0 spiro atoms. The second-order valence-corrected chi connectivity index (χ2v) is 8.43. The average Bonchev–Trinajstić information content (AvgIpc) is 3.30. The topological polar surface area (TPSA) is 119 Å². The normalized spacial score (nSPS) is 17.1. The minimum Gasteiger partial charge on any atom is -0.339 e. The van der Waals surface area contributed by atoms with E-state index in [9.17, 15) is 17.6 Å². The van der Waals surface area contributed by atoms with Gasteiger partial charge in [-0.2, -0.15) is 4.98 Å². The molecule has 1 atom stereocenters. The fraction of sp³-hybridized carbons (Fsp3) is 0.211. The largest absolute Gasteiger partial charge is 0.339 e. The van der Waals surface area contributed by atoms with Crippen LogP contribution in [0.15, 0.2) is 51.9 Å². The zero-order chi connectivity index (χ0) is 20.8. The summed E-state index contributed by atoms with van der Waals surface area (Å²) in [5, 5.41) is 9.01. The number of amides is 1. The van der Waals surface area contributed by atoms with Crippen molar-refractivity contribution in [2.75, 3.05) is 11.4 Å². The number of nitrogens with two attached hydrogens (primary N) is 1. The molecule has 150 valence electrons. The van der Waals surface area contributed by atoms with Gasteiger partial charge < -0.3 is 9.42 Å². The Labute approximate surface area is 166 Å². The smallest absolute Gasteiger partial charge is 0.238 e. The number of nitrogens with zero attached hydrogens (tertiary/aromatic N) is 3. The molecule has 0 bridgehead atoms. The minimum atomic E-state index is -3.78. The van der Waals surface area contributed by atoms with Crippen LogP contribution in [0.3, 0.4) is 0 Å². The fourth-order valence-corrected chi connectivity index (χ4v) is 3.75. The predicted octanol–water partition coefficient (Wildman–Crippen LogP) is 2.35. The molecule has 8 nitrogen and oxygen atoms in total. The molecule has 0 aliphatic carbocycles. The minimum absolute atomic E-state index is 0.0170.